The number of thioether (sulfide) groups is 1. The molecule has 0 aliphatic heterocycles. The largest absolute Gasteiger partial charge is 0.493 e. The number of hydrogen-bond acceptors (Lipinski definition) is 4. The zero-order chi connectivity index (χ0) is 14.1. The van der Waals surface area contributed by atoms with Crippen molar-refractivity contribution >= 4 is 32.9 Å². The third kappa shape index (κ3) is 7.44. The van der Waals surface area contributed by atoms with Gasteiger partial charge in [0.05, 0.1) is 19.3 Å². The van der Waals surface area contributed by atoms with Crippen LogP contribution in [0, 0.1) is 0 Å². The van der Waals surface area contributed by atoms with E-state index in [1.807, 2.05) is 31.2 Å². The Labute approximate surface area is 126 Å². The maximum absolute atomic E-state index is 5.80. The Morgan fingerprint density at radius 3 is 2.74 bits per heavy atom. The van der Waals surface area contributed by atoms with Gasteiger partial charge in [-0.2, -0.15) is 0 Å². The van der Waals surface area contributed by atoms with Crippen molar-refractivity contribution in [2.24, 2.45) is 10.7 Å². The highest BCUT2D eigenvalue weighted by molar-refractivity contribution is 9.10. The number of rotatable bonds is 7. The monoisotopic (exact) mass is 346 g/mol. The molecule has 0 fully saturated rings. The quantitative estimate of drug-likeness (QED) is 0.468. The number of benzene rings is 1. The van der Waals surface area contributed by atoms with E-state index in [9.17, 15) is 0 Å². The molecule has 0 aromatic heterocycles. The van der Waals surface area contributed by atoms with E-state index in [1.54, 1.807) is 7.11 Å². The topological polar surface area (TPSA) is 56.8 Å². The van der Waals surface area contributed by atoms with E-state index in [0.29, 0.717) is 18.4 Å². The summed E-state index contributed by atoms with van der Waals surface area (Å²) in [4.78, 5) is 4.29. The standard InChI is InChI=1S/C13H19BrN2O2S/c1-10(9-17-2)16-13(15)19-8-7-18-12-5-3-11(14)4-6-12/h3-6,10H,7-9H2,1-2H3,(H2,15,16)/t10-/m1/s1. The molecule has 4 nitrogen and oxygen atoms in total. The van der Waals surface area contributed by atoms with Crippen LogP contribution in [0.3, 0.4) is 0 Å². The van der Waals surface area contributed by atoms with E-state index in [0.717, 1.165) is 16.0 Å². The van der Waals surface area contributed by atoms with Gasteiger partial charge in [-0.25, -0.2) is 0 Å². The lowest BCUT2D eigenvalue weighted by Gasteiger charge is -2.08. The molecule has 0 saturated carbocycles. The van der Waals surface area contributed by atoms with Crippen LogP contribution >= 0.6 is 27.7 Å². The molecule has 0 amide bonds. The molecule has 0 bridgehead atoms. The number of aliphatic imine (C=N–C) groups is 1. The van der Waals surface area contributed by atoms with E-state index in [4.69, 9.17) is 15.2 Å². The second kappa shape index (κ2) is 9.23. The van der Waals surface area contributed by atoms with Gasteiger partial charge in [0.2, 0.25) is 0 Å². The molecule has 0 unspecified atom stereocenters. The Balaban J connectivity index is 2.21. The highest BCUT2D eigenvalue weighted by Crippen LogP contribution is 2.16. The van der Waals surface area contributed by atoms with Crippen molar-refractivity contribution in [1.29, 1.82) is 0 Å². The summed E-state index contributed by atoms with van der Waals surface area (Å²) in [5, 5.41) is 0.573. The maximum Gasteiger partial charge on any atom is 0.154 e. The third-order valence-corrected chi connectivity index (χ3v) is 3.47. The van der Waals surface area contributed by atoms with Crippen molar-refractivity contribution in [2.45, 2.75) is 13.0 Å². The minimum atomic E-state index is 0.0879. The van der Waals surface area contributed by atoms with Crippen LogP contribution in [0.25, 0.3) is 0 Å². The lowest BCUT2D eigenvalue weighted by molar-refractivity contribution is 0.186. The fourth-order valence-electron chi connectivity index (χ4n) is 1.37. The highest BCUT2D eigenvalue weighted by atomic mass is 79.9. The number of nitrogens with zero attached hydrogens (tertiary/aromatic N) is 1. The molecule has 19 heavy (non-hydrogen) atoms. The Kier molecular flexibility index (Phi) is 7.93. The molecule has 6 heteroatoms. The van der Waals surface area contributed by atoms with E-state index >= 15 is 0 Å². The van der Waals surface area contributed by atoms with Gasteiger partial charge in [0.25, 0.3) is 0 Å². The van der Waals surface area contributed by atoms with Gasteiger partial charge in [-0.1, -0.05) is 27.7 Å². The molecule has 0 aliphatic rings. The summed E-state index contributed by atoms with van der Waals surface area (Å²) in [6.07, 6.45) is 0. The fraction of sp³-hybridized carbons (Fsp3) is 0.462. The molecular formula is C13H19BrN2O2S. The summed E-state index contributed by atoms with van der Waals surface area (Å²) < 4.78 is 11.6. The Bertz CT molecular complexity index is 398. The van der Waals surface area contributed by atoms with Crippen LogP contribution in [0.1, 0.15) is 6.92 Å². The van der Waals surface area contributed by atoms with Crippen molar-refractivity contribution in [3.05, 3.63) is 28.7 Å². The minimum Gasteiger partial charge on any atom is -0.493 e. The summed E-state index contributed by atoms with van der Waals surface area (Å²) in [5.74, 6) is 1.62. The zero-order valence-electron chi connectivity index (χ0n) is 11.1. The lowest BCUT2D eigenvalue weighted by Crippen LogP contribution is -2.16. The van der Waals surface area contributed by atoms with Gasteiger partial charge >= 0.3 is 0 Å². The SMILES string of the molecule is COC[C@@H](C)N=C(N)SCCOc1ccc(Br)cc1. The van der Waals surface area contributed by atoms with Gasteiger partial charge in [0.15, 0.2) is 5.17 Å². The van der Waals surface area contributed by atoms with Crippen LogP contribution in [0.15, 0.2) is 33.7 Å². The number of methoxy groups -OCH3 is 1. The summed E-state index contributed by atoms with van der Waals surface area (Å²) in [7, 11) is 1.65. The van der Waals surface area contributed by atoms with Gasteiger partial charge < -0.3 is 15.2 Å². The second-order valence-corrected chi connectivity index (χ2v) is 5.95. The Morgan fingerprint density at radius 2 is 2.11 bits per heavy atom. The molecule has 0 radical (unpaired) electrons. The lowest BCUT2D eigenvalue weighted by atomic mass is 10.3. The van der Waals surface area contributed by atoms with Gasteiger partial charge in [-0.15, -0.1) is 0 Å². The van der Waals surface area contributed by atoms with Gasteiger partial charge in [-0.05, 0) is 31.2 Å². The average Bonchev–Trinajstić information content (AvgIpc) is 2.37. The van der Waals surface area contributed by atoms with E-state index < -0.39 is 0 Å². The molecular weight excluding hydrogens is 328 g/mol. The fourth-order valence-corrected chi connectivity index (χ4v) is 2.26. The first-order chi connectivity index (χ1) is 9.11. The Morgan fingerprint density at radius 1 is 1.42 bits per heavy atom. The van der Waals surface area contributed by atoms with Crippen LogP contribution in [0.2, 0.25) is 0 Å². The minimum absolute atomic E-state index is 0.0879. The molecule has 2 N–H and O–H groups in total. The van der Waals surface area contributed by atoms with Crippen LogP contribution in [-0.4, -0.2) is 37.3 Å². The predicted molar refractivity (Wildman–Crippen MR) is 85.1 cm³/mol. The van der Waals surface area contributed by atoms with Crippen LogP contribution in [0.5, 0.6) is 5.75 Å². The predicted octanol–water partition coefficient (Wildman–Crippen LogP) is 2.91. The first kappa shape index (κ1) is 16.3. The molecule has 1 atom stereocenters. The first-order valence-electron chi connectivity index (χ1n) is 5.95. The molecule has 106 valence electrons. The Hall–Kier alpha value is -0.720. The summed E-state index contributed by atoms with van der Waals surface area (Å²) >= 11 is 4.87. The molecule has 1 aromatic carbocycles. The van der Waals surface area contributed by atoms with Crippen molar-refractivity contribution in [2.75, 3.05) is 26.1 Å². The smallest absolute Gasteiger partial charge is 0.154 e. The van der Waals surface area contributed by atoms with Crippen LogP contribution in [0.4, 0.5) is 0 Å². The molecule has 1 rings (SSSR count). The van der Waals surface area contributed by atoms with Crippen molar-refractivity contribution in [3.8, 4) is 5.75 Å². The summed E-state index contributed by atoms with van der Waals surface area (Å²) in [5.41, 5.74) is 5.80. The molecule has 0 heterocycles. The number of ether oxygens (including phenoxy) is 2. The first-order valence-corrected chi connectivity index (χ1v) is 7.73. The number of amidine groups is 1. The van der Waals surface area contributed by atoms with E-state index in [1.165, 1.54) is 11.8 Å². The highest BCUT2D eigenvalue weighted by Gasteiger charge is 2.01. The number of halogens is 1. The zero-order valence-corrected chi connectivity index (χ0v) is 13.5. The van der Waals surface area contributed by atoms with E-state index in [2.05, 4.69) is 20.9 Å². The number of hydrogen-bond donors (Lipinski definition) is 1. The normalized spacial score (nSPS) is 13.3. The third-order valence-electron chi connectivity index (χ3n) is 2.17. The van der Waals surface area contributed by atoms with E-state index in [-0.39, 0.29) is 6.04 Å². The molecule has 0 spiro atoms. The van der Waals surface area contributed by atoms with Crippen molar-refractivity contribution in [1.82, 2.24) is 0 Å². The summed E-state index contributed by atoms with van der Waals surface area (Å²) in [6.45, 7) is 3.15. The molecule has 0 saturated heterocycles. The average molecular weight is 347 g/mol. The maximum atomic E-state index is 5.80. The second-order valence-electron chi connectivity index (χ2n) is 3.92. The van der Waals surface area contributed by atoms with Gasteiger partial charge in [0, 0.05) is 17.3 Å². The molecule has 0 aliphatic carbocycles. The van der Waals surface area contributed by atoms with Gasteiger partial charge in [-0.3, -0.25) is 4.99 Å². The van der Waals surface area contributed by atoms with Crippen molar-refractivity contribution in [3.63, 3.8) is 0 Å². The number of nitrogens with two attached hydrogens (primary N) is 1. The van der Waals surface area contributed by atoms with Crippen molar-refractivity contribution < 1.29 is 9.47 Å². The van der Waals surface area contributed by atoms with Crippen LogP contribution in [-0.2, 0) is 4.74 Å². The van der Waals surface area contributed by atoms with Crippen LogP contribution < -0.4 is 10.5 Å². The summed E-state index contributed by atoms with van der Waals surface area (Å²) in [6, 6.07) is 7.83. The van der Waals surface area contributed by atoms with Gasteiger partial charge in [0.1, 0.15) is 5.75 Å². The molecule has 1 aromatic rings.